The zero-order chi connectivity index (χ0) is 37.5. The van der Waals surface area contributed by atoms with Crippen LogP contribution in [0.1, 0.15) is 0 Å². The fourth-order valence-electron chi connectivity index (χ4n) is 9.29. The Morgan fingerprint density at radius 3 is 1.26 bits per heavy atom. The molecule has 0 radical (unpaired) electrons. The van der Waals surface area contributed by atoms with Crippen molar-refractivity contribution in [3.63, 3.8) is 0 Å². The summed E-state index contributed by atoms with van der Waals surface area (Å²) >= 11 is 0. The summed E-state index contributed by atoms with van der Waals surface area (Å²) in [7, 11) is 0. The maximum atomic E-state index is 5.19. The lowest BCUT2D eigenvalue weighted by Gasteiger charge is -2.23. The number of rotatable bonds is 3. The topological polar surface area (TPSA) is 27.7 Å². The van der Waals surface area contributed by atoms with Crippen LogP contribution in [-0.4, -0.2) is 18.7 Å². The van der Waals surface area contributed by atoms with Crippen molar-refractivity contribution in [1.29, 1.82) is 0 Å². The first kappa shape index (κ1) is 31.6. The molecule has 0 amide bonds. The number of pyridine rings is 1. The molecule has 0 bridgehead atoms. The Labute approximate surface area is 328 Å². The number of nitrogens with zero attached hydrogens (tertiary/aromatic N) is 4. The van der Waals surface area contributed by atoms with Gasteiger partial charge in [-0.05, 0) is 106 Å². The highest BCUT2D eigenvalue weighted by atomic mass is 15.1. The lowest BCUT2D eigenvalue weighted by molar-refractivity contribution is 1.09. The van der Waals surface area contributed by atoms with Gasteiger partial charge in [0.15, 0.2) is 0 Å². The van der Waals surface area contributed by atoms with E-state index in [-0.39, 0.29) is 0 Å². The second-order valence-corrected chi connectivity index (χ2v) is 14.8. The van der Waals surface area contributed by atoms with E-state index in [0.717, 1.165) is 60.8 Å². The number of benzene rings is 8. The minimum Gasteiger partial charge on any atom is -0.309 e. The van der Waals surface area contributed by atoms with Gasteiger partial charge < -0.3 is 13.7 Å². The van der Waals surface area contributed by atoms with E-state index in [2.05, 4.69) is 214 Å². The second-order valence-electron chi connectivity index (χ2n) is 14.8. The van der Waals surface area contributed by atoms with Crippen molar-refractivity contribution in [2.75, 3.05) is 0 Å². The molecule has 0 aliphatic carbocycles. The van der Waals surface area contributed by atoms with E-state index >= 15 is 0 Å². The number of fused-ring (bicyclic) bond motifs is 13. The van der Waals surface area contributed by atoms with E-state index in [9.17, 15) is 0 Å². The number of para-hydroxylation sites is 6. The average molecular weight is 727 g/mol. The van der Waals surface area contributed by atoms with E-state index in [0.29, 0.717) is 0 Å². The molecular formula is C53H34N4. The first-order chi connectivity index (χ1) is 28.3. The van der Waals surface area contributed by atoms with Crippen molar-refractivity contribution in [3.8, 4) is 17.1 Å². The second kappa shape index (κ2) is 12.4. The summed E-state index contributed by atoms with van der Waals surface area (Å²) < 4.78 is 7.25. The van der Waals surface area contributed by atoms with E-state index < -0.39 is 0 Å². The Balaban J connectivity index is 1.33. The van der Waals surface area contributed by atoms with Crippen LogP contribution in [0.3, 0.4) is 0 Å². The molecule has 0 fully saturated rings. The molecule has 0 aliphatic heterocycles. The van der Waals surface area contributed by atoms with Crippen molar-refractivity contribution < 1.29 is 0 Å². The van der Waals surface area contributed by atoms with Gasteiger partial charge in [0.2, 0.25) is 0 Å². The largest absolute Gasteiger partial charge is 0.309 e. The van der Waals surface area contributed by atoms with Crippen LogP contribution in [0.5, 0.6) is 0 Å². The number of aromatic nitrogens is 4. The van der Waals surface area contributed by atoms with E-state index in [1.54, 1.807) is 0 Å². The standard InChI is InChI=1S/C53H34N4/c1-3-16-35(17-4-1)55-49-27-13-14-28-50(49)56(36-18-5-2-6-19-36)52-34-46-45(33-51(52)55)40-30-29-37(57-47-25-11-9-22-41(47)42-23-10-12-26-48(42)57)32-44(40)39-21-8-7-20-38(39)43-24-15-31-54-53(43)46/h1-34H. The molecule has 57 heavy (non-hydrogen) atoms. The Morgan fingerprint density at radius 1 is 0.246 bits per heavy atom. The zero-order valence-corrected chi connectivity index (χ0v) is 30.9. The van der Waals surface area contributed by atoms with Gasteiger partial charge in [0.05, 0.1) is 38.6 Å². The highest BCUT2D eigenvalue weighted by molar-refractivity contribution is 6.26. The Morgan fingerprint density at radius 2 is 0.667 bits per heavy atom. The number of hydrogen-bond donors (Lipinski definition) is 0. The molecule has 4 heteroatoms. The average Bonchev–Trinajstić information content (AvgIpc) is 3.62. The van der Waals surface area contributed by atoms with Crippen LogP contribution in [0.4, 0.5) is 0 Å². The minimum atomic E-state index is 0.970. The van der Waals surface area contributed by atoms with Crippen LogP contribution in [-0.2, 0) is 0 Å². The van der Waals surface area contributed by atoms with E-state index in [1.165, 1.54) is 43.4 Å². The van der Waals surface area contributed by atoms with Gasteiger partial charge in [-0.15, -0.1) is 0 Å². The third-order valence-corrected chi connectivity index (χ3v) is 11.7. The van der Waals surface area contributed by atoms with Crippen LogP contribution in [0.2, 0.25) is 0 Å². The van der Waals surface area contributed by atoms with Crippen LogP contribution in [0.15, 0.2) is 206 Å². The summed E-state index contributed by atoms with van der Waals surface area (Å²) in [6, 6.07) is 72.6. The van der Waals surface area contributed by atoms with Crippen molar-refractivity contribution in [1.82, 2.24) is 18.7 Å². The fraction of sp³-hybridized carbons (Fsp3) is 0. The predicted molar refractivity (Wildman–Crippen MR) is 240 cm³/mol. The SMILES string of the molecule is c1ccc(-n2c3ccccc3n(-c3ccccc3)c3cc4c(cc32)c2ccc(-n3c5ccccc5c5ccccc53)cc2c2ccccc2c2cccnc24)cc1. The molecule has 3 heterocycles. The van der Waals surface area contributed by atoms with Gasteiger partial charge in [-0.25, -0.2) is 0 Å². The molecule has 0 saturated carbocycles. The van der Waals surface area contributed by atoms with E-state index in [4.69, 9.17) is 4.98 Å². The van der Waals surface area contributed by atoms with Crippen LogP contribution >= 0.6 is 0 Å². The molecule has 4 nitrogen and oxygen atoms in total. The van der Waals surface area contributed by atoms with Gasteiger partial charge in [0.1, 0.15) is 0 Å². The van der Waals surface area contributed by atoms with Gasteiger partial charge in [0, 0.05) is 44.8 Å². The maximum absolute atomic E-state index is 5.19. The summed E-state index contributed by atoms with van der Waals surface area (Å²) in [4.78, 5) is 5.19. The Bertz CT molecular complexity index is 3570. The highest BCUT2D eigenvalue weighted by Crippen LogP contribution is 2.41. The van der Waals surface area contributed by atoms with E-state index in [1.807, 2.05) is 6.20 Å². The smallest absolute Gasteiger partial charge is 0.0787 e. The van der Waals surface area contributed by atoms with Gasteiger partial charge >= 0.3 is 0 Å². The molecule has 12 aromatic rings. The summed E-state index contributed by atoms with van der Waals surface area (Å²) in [5, 5.41) is 10.6. The van der Waals surface area contributed by atoms with Gasteiger partial charge in [0.25, 0.3) is 0 Å². The molecule has 0 unspecified atom stereocenters. The third-order valence-electron chi connectivity index (χ3n) is 11.7. The van der Waals surface area contributed by atoms with Crippen molar-refractivity contribution in [2.24, 2.45) is 0 Å². The van der Waals surface area contributed by atoms with Crippen molar-refractivity contribution in [3.05, 3.63) is 206 Å². The van der Waals surface area contributed by atoms with Crippen LogP contribution in [0, 0.1) is 0 Å². The molecule has 12 rings (SSSR count). The molecule has 0 N–H and O–H groups in total. The van der Waals surface area contributed by atoms with Gasteiger partial charge in [-0.2, -0.15) is 0 Å². The van der Waals surface area contributed by atoms with Gasteiger partial charge in [-0.1, -0.05) is 121 Å². The predicted octanol–water partition coefficient (Wildman–Crippen LogP) is 13.8. The number of hydrogen-bond acceptors (Lipinski definition) is 1. The molecule has 0 saturated heterocycles. The summed E-state index contributed by atoms with van der Waals surface area (Å²) in [5.41, 5.74) is 11.1. The first-order valence-corrected chi connectivity index (χ1v) is 19.5. The monoisotopic (exact) mass is 726 g/mol. The van der Waals surface area contributed by atoms with Crippen molar-refractivity contribution in [2.45, 2.75) is 0 Å². The Kier molecular flexibility index (Phi) is 6.89. The molecule has 266 valence electrons. The highest BCUT2D eigenvalue weighted by Gasteiger charge is 2.19. The molecule has 0 spiro atoms. The van der Waals surface area contributed by atoms with Crippen LogP contribution in [0.25, 0.3) is 104 Å². The minimum absolute atomic E-state index is 0.970. The lowest BCUT2D eigenvalue weighted by Crippen LogP contribution is -2.08. The first-order valence-electron chi connectivity index (χ1n) is 19.5. The normalized spacial score (nSPS) is 11.9. The lowest BCUT2D eigenvalue weighted by atomic mass is 9.95. The molecular weight excluding hydrogens is 693 g/mol. The fourth-order valence-corrected chi connectivity index (χ4v) is 9.29. The van der Waals surface area contributed by atoms with Crippen molar-refractivity contribution >= 4 is 87.1 Å². The van der Waals surface area contributed by atoms with Crippen LogP contribution < -0.4 is 0 Å². The summed E-state index contributed by atoms with van der Waals surface area (Å²) in [6.07, 6.45) is 1.93. The Hall–Kier alpha value is -7.69. The quantitative estimate of drug-likeness (QED) is 0.167. The molecule has 3 aromatic heterocycles. The van der Waals surface area contributed by atoms with Gasteiger partial charge in [-0.3, -0.25) is 4.98 Å². The third kappa shape index (κ3) is 4.71. The molecule has 0 atom stereocenters. The summed E-state index contributed by atoms with van der Waals surface area (Å²) in [6.45, 7) is 0. The molecule has 0 aliphatic rings. The zero-order valence-electron chi connectivity index (χ0n) is 30.9. The maximum Gasteiger partial charge on any atom is 0.0787 e. The molecule has 9 aromatic carbocycles. The summed E-state index contributed by atoms with van der Waals surface area (Å²) in [5.74, 6) is 0.